The second-order valence-corrected chi connectivity index (χ2v) is 9.76. The number of benzene rings is 3. The Kier molecular flexibility index (Phi) is 7.49. The lowest BCUT2D eigenvalue weighted by atomic mass is 10.1. The molecule has 0 bridgehead atoms. The van der Waals surface area contributed by atoms with Crippen LogP contribution >= 0.6 is 11.6 Å². The maximum atomic E-state index is 13.4. The van der Waals surface area contributed by atoms with Crippen LogP contribution < -0.4 is 0 Å². The molecule has 7 heteroatoms. The molecule has 5 nitrogen and oxygen atoms in total. The van der Waals surface area contributed by atoms with Gasteiger partial charge in [0.15, 0.2) is 0 Å². The Balaban J connectivity index is 1.87. The van der Waals surface area contributed by atoms with Crippen LogP contribution in [0.15, 0.2) is 83.8 Å². The molecule has 0 aromatic heterocycles. The van der Waals surface area contributed by atoms with E-state index in [0.717, 1.165) is 16.7 Å². The molecule has 0 spiro atoms. The molecule has 0 aliphatic heterocycles. The third-order valence-corrected chi connectivity index (χ3v) is 7.12. The number of hydrogen-bond acceptors (Lipinski definition) is 3. The van der Waals surface area contributed by atoms with E-state index in [1.807, 2.05) is 61.5 Å². The van der Waals surface area contributed by atoms with Crippen LogP contribution in [0.5, 0.6) is 0 Å². The van der Waals surface area contributed by atoms with Crippen LogP contribution in [0, 0.1) is 6.92 Å². The van der Waals surface area contributed by atoms with Gasteiger partial charge in [-0.3, -0.25) is 4.79 Å². The van der Waals surface area contributed by atoms with E-state index in [1.54, 1.807) is 7.05 Å². The van der Waals surface area contributed by atoms with Crippen LogP contribution in [0.3, 0.4) is 0 Å². The summed E-state index contributed by atoms with van der Waals surface area (Å²) in [5.74, 6) is -0.282. The van der Waals surface area contributed by atoms with Crippen molar-refractivity contribution in [1.29, 1.82) is 0 Å². The first kappa shape index (κ1) is 23.0. The fraction of sp³-hybridized carbons (Fsp3) is 0.208. The number of carbonyl (C=O) groups excluding carboxylic acids is 1. The van der Waals surface area contributed by atoms with E-state index in [4.69, 9.17) is 11.6 Å². The molecule has 3 rings (SSSR count). The predicted octanol–water partition coefficient (Wildman–Crippen LogP) is 4.50. The van der Waals surface area contributed by atoms with E-state index >= 15 is 0 Å². The summed E-state index contributed by atoms with van der Waals surface area (Å²) in [7, 11) is -2.23. The molecule has 0 radical (unpaired) electrons. The van der Waals surface area contributed by atoms with E-state index in [9.17, 15) is 13.2 Å². The van der Waals surface area contributed by atoms with Gasteiger partial charge in [0.25, 0.3) is 0 Å². The van der Waals surface area contributed by atoms with Gasteiger partial charge in [-0.05, 0) is 47.9 Å². The lowest BCUT2D eigenvalue weighted by Crippen LogP contribution is -2.41. The number of carbonyl (C=O) groups is 1. The van der Waals surface area contributed by atoms with E-state index in [-0.39, 0.29) is 23.9 Å². The predicted molar refractivity (Wildman–Crippen MR) is 123 cm³/mol. The van der Waals surface area contributed by atoms with Gasteiger partial charge in [-0.1, -0.05) is 66.2 Å². The molecule has 0 unspecified atom stereocenters. The first-order chi connectivity index (χ1) is 14.8. The highest BCUT2D eigenvalue weighted by Gasteiger charge is 2.28. The van der Waals surface area contributed by atoms with E-state index in [2.05, 4.69) is 0 Å². The van der Waals surface area contributed by atoms with E-state index < -0.39 is 10.0 Å². The lowest BCUT2D eigenvalue weighted by molar-refractivity contribution is -0.130. The number of amides is 1. The van der Waals surface area contributed by atoms with Gasteiger partial charge in [-0.25, -0.2) is 8.42 Å². The monoisotopic (exact) mass is 456 g/mol. The van der Waals surface area contributed by atoms with Crippen LogP contribution in [0.1, 0.15) is 16.7 Å². The highest BCUT2D eigenvalue weighted by atomic mass is 35.5. The fourth-order valence-electron chi connectivity index (χ4n) is 3.18. The number of likely N-dealkylation sites (N-methyl/N-ethyl adjacent to an activating group) is 1. The third-order valence-electron chi connectivity index (χ3n) is 5.06. The Morgan fingerprint density at radius 3 is 2.13 bits per heavy atom. The van der Waals surface area contributed by atoms with Crippen LogP contribution in [0.25, 0.3) is 0 Å². The Morgan fingerprint density at radius 2 is 1.48 bits per heavy atom. The Bertz CT molecular complexity index is 1130. The van der Waals surface area contributed by atoms with Gasteiger partial charge in [0.05, 0.1) is 11.4 Å². The van der Waals surface area contributed by atoms with Gasteiger partial charge in [0, 0.05) is 25.2 Å². The maximum Gasteiger partial charge on any atom is 0.243 e. The molecule has 0 aliphatic rings. The third kappa shape index (κ3) is 5.94. The molecule has 3 aromatic rings. The van der Waals surface area contributed by atoms with Crippen molar-refractivity contribution in [3.8, 4) is 0 Å². The summed E-state index contributed by atoms with van der Waals surface area (Å²) in [5.41, 5.74) is 2.78. The zero-order chi connectivity index (χ0) is 22.4. The van der Waals surface area contributed by atoms with Gasteiger partial charge < -0.3 is 4.90 Å². The molecule has 0 atom stereocenters. The van der Waals surface area contributed by atoms with Crippen molar-refractivity contribution in [3.63, 3.8) is 0 Å². The molecular formula is C24H25ClN2O3S. The number of sulfonamides is 1. The standard InChI is InChI=1S/C24H25ClN2O3S/c1-19-8-6-7-11-21(19)17-27(31(29,30)23-14-12-22(25)13-15-23)18-24(28)26(2)16-20-9-4-3-5-10-20/h3-15H,16-18H2,1-2H3. The summed E-state index contributed by atoms with van der Waals surface area (Å²) in [6, 6.07) is 23.1. The van der Waals surface area contributed by atoms with Crippen LogP contribution in [-0.2, 0) is 27.9 Å². The average Bonchev–Trinajstić information content (AvgIpc) is 2.75. The number of rotatable bonds is 8. The summed E-state index contributed by atoms with van der Waals surface area (Å²) in [6.45, 7) is 2.16. The van der Waals surface area contributed by atoms with Gasteiger partial charge in [0.1, 0.15) is 0 Å². The van der Waals surface area contributed by atoms with E-state index in [1.165, 1.54) is 33.5 Å². The van der Waals surface area contributed by atoms with Gasteiger partial charge >= 0.3 is 0 Å². The molecule has 162 valence electrons. The quantitative estimate of drug-likeness (QED) is 0.501. The van der Waals surface area contributed by atoms with Crippen LogP contribution in [0.2, 0.25) is 5.02 Å². The lowest BCUT2D eigenvalue weighted by Gasteiger charge is -2.25. The molecule has 0 N–H and O–H groups in total. The maximum absolute atomic E-state index is 13.4. The van der Waals surface area contributed by atoms with Gasteiger partial charge in [-0.15, -0.1) is 0 Å². The molecule has 0 saturated carbocycles. The van der Waals surface area contributed by atoms with Crippen LogP contribution in [0.4, 0.5) is 0 Å². The van der Waals surface area contributed by atoms with Crippen molar-refractivity contribution in [1.82, 2.24) is 9.21 Å². The van der Waals surface area contributed by atoms with Crippen molar-refractivity contribution in [2.24, 2.45) is 0 Å². The highest BCUT2D eigenvalue weighted by molar-refractivity contribution is 7.89. The molecule has 0 saturated heterocycles. The second kappa shape index (κ2) is 10.1. The molecule has 0 fully saturated rings. The average molecular weight is 457 g/mol. The molecule has 1 amide bonds. The molecule has 0 aliphatic carbocycles. The summed E-state index contributed by atoms with van der Waals surface area (Å²) >= 11 is 5.93. The molecular weight excluding hydrogens is 432 g/mol. The Morgan fingerprint density at radius 1 is 0.871 bits per heavy atom. The molecule has 31 heavy (non-hydrogen) atoms. The van der Waals surface area contributed by atoms with Crippen LogP contribution in [-0.4, -0.2) is 37.1 Å². The number of halogens is 1. The van der Waals surface area contributed by atoms with Crippen molar-refractivity contribution >= 4 is 27.5 Å². The minimum absolute atomic E-state index is 0.0998. The van der Waals surface area contributed by atoms with Crippen molar-refractivity contribution in [2.45, 2.75) is 24.9 Å². The summed E-state index contributed by atoms with van der Waals surface area (Å²) < 4.78 is 28.0. The summed E-state index contributed by atoms with van der Waals surface area (Å²) in [5, 5.41) is 0.447. The van der Waals surface area contributed by atoms with Crippen molar-refractivity contribution in [2.75, 3.05) is 13.6 Å². The first-order valence-electron chi connectivity index (χ1n) is 9.85. The largest absolute Gasteiger partial charge is 0.340 e. The SMILES string of the molecule is Cc1ccccc1CN(CC(=O)N(C)Cc1ccccc1)S(=O)(=O)c1ccc(Cl)cc1. The first-order valence-corrected chi connectivity index (χ1v) is 11.7. The summed E-state index contributed by atoms with van der Waals surface area (Å²) in [4.78, 5) is 14.6. The fourth-order valence-corrected chi connectivity index (χ4v) is 4.67. The van der Waals surface area contributed by atoms with E-state index in [0.29, 0.717) is 11.6 Å². The normalized spacial score (nSPS) is 11.5. The van der Waals surface area contributed by atoms with Gasteiger partial charge in [0.2, 0.25) is 15.9 Å². The Hall–Kier alpha value is -2.67. The zero-order valence-corrected chi connectivity index (χ0v) is 19.1. The summed E-state index contributed by atoms with van der Waals surface area (Å²) in [6.07, 6.45) is 0. The Labute approximate surface area is 188 Å². The number of hydrogen-bond donors (Lipinski definition) is 0. The second-order valence-electron chi connectivity index (χ2n) is 7.39. The molecule has 3 aromatic carbocycles. The zero-order valence-electron chi connectivity index (χ0n) is 17.5. The minimum atomic E-state index is -3.91. The smallest absolute Gasteiger partial charge is 0.243 e. The number of nitrogens with zero attached hydrogens (tertiary/aromatic N) is 2. The van der Waals surface area contributed by atoms with Crippen molar-refractivity contribution < 1.29 is 13.2 Å². The number of aryl methyl sites for hydroxylation is 1. The van der Waals surface area contributed by atoms with Gasteiger partial charge in [-0.2, -0.15) is 4.31 Å². The van der Waals surface area contributed by atoms with Crippen molar-refractivity contribution in [3.05, 3.63) is 101 Å². The minimum Gasteiger partial charge on any atom is -0.340 e. The topological polar surface area (TPSA) is 57.7 Å². The molecule has 0 heterocycles. The highest BCUT2D eigenvalue weighted by Crippen LogP contribution is 2.22.